The Labute approximate surface area is 147 Å². The monoisotopic (exact) mass is 374 g/mol. The second kappa shape index (κ2) is 9.57. The van der Waals surface area contributed by atoms with Crippen molar-refractivity contribution in [3.05, 3.63) is 29.3 Å². The van der Waals surface area contributed by atoms with Crippen molar-refractivity contribution in [2.75, 3.05) is 33.3 Å². The lowest BCUT2D eigenvalue weighted by atomic mass is 9.96. The number of rotatable bonds is 4. The van der Waals surface area contributed by atoms with Crippen LogP contribution in [0.5, 0.6) is 5.75 Å². The van der Waals surface area contributed by atoms with Gasteiger partial charge >= 0.3 is 6.18 Å². The molecule has 1 saturated heterocycles. The van der Waals surface area contributed by atoms with Gasteiger partial charge in [0, 0.05) is 32.2 Å². The van der Waals surface area contributed by atoms with Crippen LogP contribution >= 0.6 is 24.8 Å². The van der Waals surface area contributed by atoms with E-state index in [1.54, 1.807) is 12.1 Å². The molecule has 0 spiro atoms. The van der Waals surface area contributed by atoms with E-state index in [2.05, 4.69) is 10.2 Å². The Kier molecular flexibility index (Phi) is 9.28. The van der Waals surface area contributed by atoms with Crippen LogP contribution in [0, 0.1) is 0 Å². The molecule has 1 aliphatic heterocycles. The van der Waals surface area contributed by atoms with Gasteiger partial charge in [0.05, 0.1) is 12.7 Å². The number of nitrogens with one attached hydrogen (secondary N) is 1. The topological polar surface area (TPSA) is 24.5 Å². The second-order valence-corrected chi connectivity index (χ2v) is 5.16. The van der Waals surface area contributed by atoms with Crippen LogP contribution in [0.25, 0.3) is 0 Å². The molecule has 1 heterocycles. The van der Waals surface area contributed by atoms with Crippen molar-refractivity contribution in [3.8, 4) is 5.75 Å². The Bertz CT molecular complexity index is 480. The highest BCUT2D eigenvalue weighted by Crippen LogP contribution is 2.39. The molecule has 1 aliphatic rings. The molecule has 1 aromatic carbocycles. The number of halogens is 5. The van der Waals surface area contributed by atoms with E-state index in [9.17, 15) is 13.2 Å². The van der Waals surface area contributed by atoms with Crippen molar-refractivity contribution < 1.29 is 17.9 Å². The summed E-state index contributed by atoms with van der Waals surface area (Å²) in [6.45, 7) is 5.09. The quantitative estimate of drug-likeness (QED) is 0.864. The van der Waals surface area contributed by atoms with Gasteiger partial charge in [-0.05, 0) is 24.1 Å². The summed E-state index contributed by atoms with van der Waals surface area (Å²) in [5.74, 6) is 0.237. The van der Waals surface area contributed by atoms with Gasteiger partial charge in [-0.15, -0.1) is 24.8 Å². The van der Waals surface area contributed by atoms with Crippen LogP contribution in [-0.2, 0) is 6.18 Å². The molecule has 1 fully saturated rings. The Morgan fingerprint density at radius 1 is 1.22 bits per heavy atom. The van der Waals surface area contributed by atoms with E-state index in [1.165, 1.54) is 7.11 Å². The maximum absolute atomic E-state index is 13.3. The number of benzene rings is 1. The minimum atomic E-state index is -4.37. The van der Waals surface area contributed by atoms with Gasteiger partial charge in [-0.2, -0.15) is 13.2 Å². The zero-order valence-corrected chi connectivity index (χ0v) is 14.8. The molecule has 1 atom stereocenters. The van der Waals surface area contributed by atoms with Gasteiger partial charge in [-0.25, -0.2) is 0 Å². The molecule has 0 unspecified atom stereocenters. The maximum atomic E-state index is 13.3. The third-order valence-electron chi connectivity index (χ3n) is 3.90. The van der Waals surface area contributed by atoms with Crippen molar-refractivity contribution in [3.63, 3.8) is 0 Å². The first kappa shape index (κ1) is 22.3. The van der Waals surface area contributed by atoms with E-state index in [1.807, 2.05) is 6.92 Å². The van der Waals surface area contributed by atoms with E-state index < -0.39 is 11.7 Å². The molecular formula is C15H23Cl2F3N2O. The number of ether oxygens (including phenoxy) is 1. The summed E-state index contributed by atoms with van der Waals surface area (Å²) in [5, 5.41) is 3.22. The van der Waals surface area contributed by atoms with Gasteiger partial charge in [-0.3, -0.25) is 4.90 Å². The summed E-state index contributed by atoms with van der Waals surface area (Å²) < 4.78 is 45.0. The molecule has 0 aromatic heterocycles. The normalized spacial score (nSPS) is 16.9. The molecule has 0 bridgehead atoms. The van der Waals surface area contributed by atoms with Crippen molar-refractivity contribution in [2.24, 2.45) is 0 Å². The predicted molar refractivity (Wildman–Crippen MR) is 90.0 cm³/mol. The van der Waals surface area contributed by atoms with E-state index in [0.717, 1.165) is 32.2 Å². The van der Waals surface area contributed by atoms with Crippen LogP contribution in [0.3, 0.4) is 0 Å². The maximum Gasteiger partial charge on any atom is 0.416 e. The summed E-state index contributed by atoms with van der Waals surface area (Å²) in [7, 11) is 1.38. The first-order valence-corrected chi connectivity index (χ1v) is 7.17. The molecule has 1 aromatic rings. The van der Waals surface area contributed by atoms with Gasteiger partial charge in [-0.1, -0.05) is 13.0 Å². The number of alkyl halides is 3. The predicted octanol–water partition coefficient (Wildman–Crippen LogP) is 3.91. The van der Waals surface area contributed by atoms with Gasteiger partial charge in [0.2, 0.25) is 0 Å². The van der Waals surface area contributed by atoms with Gasteiger partial charge in [0.1, 0.15) is 5.75 Å². The fourth-order valence-corrected chi connectivity index (χ4v) is 2.87. The zero-order valence-electron chi connectivity index (χ0n) is 13.2. The fourth-order valence-electron chi connectivity index (χ4n) is 2.87. The van der Waals surface area contributed by atoms with Crippen LogP contribution in [-0.4, -0.2) is 38.2 Å². The molecule has 1 N–H and O–H groups in total. The van der Waals surface area contributed by atoms with Crippen molar-refractivity contribution in [1.29, 1.82) is 0 Å². The highest BCUT2D eigenvalue weighted by atomic mass is 35.5. The first-order valence-electron chi connectivity index (χ1n) is 7.17. The highest BCUT2D eigenvalue weighted by molar-refractivity contribution is 5.85. The molecule has 2 rings (SSSR count). The average molecular weight is 375 g/mol. The van der Waals surface area contributed by atoms with E-state index in [-0.39, 0.29) is 36.6 Å². The summed E-state index contributed by atoms with van der Waals surface area (Å²) in [5.41, 5.74) is -0.250. The zero-order chi connectivity index (χ0) is 15.5. The number of piperazine rings is 1. The lowest BCUT2D eigenvalue weighted by molar-refractivity contribution is -0.139. The largest absolute Gasteiger partial charge is 0.497 e. The van der Waals surface area contributed by atoms with Crippen molar-refractivity contribution in [1.82, 2.24) is 10.2 Å². The third-order valence-corrected chi connectivity index (χ3v) is 3.90. The molecule has 134 valence electrons. The smallest absolute Gasteiger partial charge is 0.416 e. The number of hydrogen-bond donors (Lipinski definition) is 1. The van der Waals surface area contributed by atoms with E-state index in [0.29, 0.717) is 12.0 Å². The molecule has 0 aliphatic carbocycles. The Balaban J connectivity index is 0.00000242. The standard InChI is InChI=1S/C15H21F3N2O.2ClH/c1-3-14(20-8-6-19-7-9-20)12-5-4-11(21-2)10-13(12)15(16,17)18;;/h4-5,10,14,19H,3,6-9H2,1-2H3;2*1H/t14-;;/m1../s1. The Hall–Kier alpha value is -0.690. The van der Waals surface area contributed by atoms with Gasteiger partial charge in [0.15, 0.2) is 0 Å². The summed E-state index contributed by atoms with van der Waals surface area (Å²) in [6.07, 6.45) is -3.72. The molecule has 23 heavy (non-hydrogen) atoms. The van der Waals surface area contributed by atoms with E-state index >= 15 is 0 Å². The van der Waals surface area contributed by atoms with Crippen LogP contribution in [0.2, 0.25) is 0 Å². The summed E-state index contributed by atoms with van der Waals surface area (Å²) in [6, 6.07) is 4.04. The summed E-state index contributed by atoms with van der Waals surface area (Å²) in [4.78, 5) is 2.12. The average Bonchev–Trinajstić information content (AvgIpc) is 2.48. The fraction of sp³-hybridized carbons (Fsp3) is 0.600. The van der Waals surface area contributed by atoms with Crippen LogP contribution < -0.4 is 10.1 Å². The van der Waals surface area contributed by atoms with Crippen molar-refractivity contribution in [2.45, 2.75) is 25.6 Å². The molecule has 0 saturated carbocycles. The number of nitrogens with zero attached hydrogens (tertiary/aromatic N) is 1. The minimum Gasteiger partial charge on any atom is -0.497 e. The van der Waals surface area contributed by atoms with Crippen molar-refractivity contribution >= 4 is 24.8 Å². The molecule has 3 nitrogen and oxygen atoms in total. The summed E-state index contributed by atoms with van der Waals surface area (Å²) >= 11 is 0. The number of hydrogen-bond acceptors (Lipinski definition) is 3. The lowest BCUT2D eigenvalue weighted by Gasteiger charge is -2.35. The van der Waals surface area contributed by atoms with Crippen LogP contribution in [0.4, 0.5) is 13.2 Å². The molecule has 8 heteroatoms. The Morgan fingerprint density at radius 2 is 1.83 bits per heavy atom. The highest BCUT2D eigenvalue weighted by Gasteiger charge is 2.36. The van der Waals surface area contributed by atoms with Crippen LogP contribution in [0.15, 0.2) is 18.2 Å². The number of methoxy groups -OCH3 is 1. The Morgan fingerprint density at radius 3 is 2.30 bits per heavy atom. The minimum absolute atomic E-state index is 0. The molecular weight excluding hydrogens is 352 g/mol. The van der Waals surface area contributed by atoms with Gasteiger partial charge in [0.25, 0.3) is 0 Å². The SMILES string of the molecule is CC[C@H](c1ccc(OC)cc1C(F)(F)F)N1CCNCC1.Cl.Cl. The molecule has 0 amide bonds. The second-order valence-electron chi connectivity index (χ2n) is 5.16. The van der Waals surface area contributed by atoms with E-state index in [4.69, 9.17) is 4.74 Å². The lowest BCUT2D eigenvalue weighted by Crippen LogP contribution is -2.45. The molecule has 0 radical (unpaired) electrons. The van der Waals surface area contributed by atoms with Gasteiger partial charge < -0.3 is 10.1 Å². The third kappa shape index (κ3) is 5.41. The van der Waals surface area contributed by atoms with Crippen LogP contribution in [0.1, 0.15) is 30.5 Å². The first-order chi connectivity index (χ1) is 9.97.